The molecule has 0 rings (SSSR count). The average molecular weight is 106 g/mol. The van der Waals surface area contributed by atoms with Crippen LogP contribution in [0.25, 0.3) is 0 Å². The van der Waals surface area contributed by atoms with E-state index in [1.54, 1.807) is 0 Å². The summed E-state index contributed by atoms with van der Waals surface area (Å²) < 4.78 is 0. The molecule has 0 saturated carbocycles. The second-order valence-electron chi connectivity index (χ2n) is 0.183. The van der Waals surface area contributed by atoms with E-state index < -0.39 is 0 Å². The molecule has 0 heterocycles. The lowest BCUT2D eigenvalue weighted by Crippen LogP contribution is -1.38. The van der Waals surface area contributed by atoms with Crippen molar-refractivity contribution in [1.82, 2.24) is 0 Å². The molecular weight excluding hydrogens is 96.2 g/mol. The van der Waals surface area contributed by atoms with Crippen molar-refractivity contribution >= 4 is 19.5 Å². The minimum absolute atomic E-state index is 0.750. The van der Waals surface area contributed by atoms with Crippen molar-refractivity contribution in [3.8, 4) is 0 Å². The SMILES string of the molecule is C=CO.[SiH3][SiH3]. The van der Waals surface area contributed by atoms with Crippen molar-refractivity contribution < 1.29 is 5.11 Å². The first kappa shape index (κ1) is 8.88. The molecule has 0 atom stereocenters. The molecule has 0 unspecified atom stereocenters. The van der Waals surface area contributed by atoms with Crippen molar-refractivity contribution in [2.75, 3.05) is 0 Å². The molecule has 0 bridgehead atoms. The van der Waals surface area contributed by atoms with Crippen molar-refractivity contribution in [2.45, 2.75) is 0 Å². The average Bonchev–Trinajstić information content (AvgIpc) is 1.46. The molecule has 1 nitrogen and oxygen atoms in total. The first-order chi connectivity index (χ1) is 2.41. The quantitative estimate of drug-likeness (QED) is 0.289. The predicted molar refractivity (Wildman–Crippen MR) is 32.7 cm³/mol. The summed E-state index contributed by atoms with van der Waals surface area (Å²) in [5.74, 6) is 0. The summed E-state index contributed by atoms with van der Waals surface area (Å²) in [6, 6.07) is 0. The Morgan fingerprint density at radius 1 is 1.60 bits per heavy atom. The van der Waals surface area contributed by atoms with Crippen LogP contribution in [0, 0.1) is 0 Å². The fourth-order valence-electron chi connectivity index (χ4n) is 0. The van der Waals surface area contributed by atoms with Crippen LogP contribution < -0.4 is 0 Å². The second kappa shape index (κ2) is 37.1. The zero-order valence-corrected chi connectivity index (χ0v) is 7.73. The largest absolute Gasteiger partial charge is 0.516 e. The van der Waals surface area contributed by atoms with Crippen LogP contribution in [0.2, 0.25) is 0 Å². The van der Waals surface area contributed by atoms with Gasteiger partial charge in [-0.3, -0.25) is 0 Å². The molecule has 0 saturated heterocycles. The lowest BCUT2D eigenvalue weighted by atomic mass is 11.2. The summed E-state index contributed by atoms with van der Waals surface area (Å²) in [6.07, 6.45) is 0.750. The lowest BCUT2D eigenvalue weighted by molar-refractivity contribution is 0.476. The molecule has 0 aromatic heterocycles. The predicted octanol–water partition coefficient (Wildman–Crippen LogP) is -1.68. The molecule has 1 N–H and O–H groups in total. The van der Waals surface area contributed by atoms with Gasteiger partial charge in [-0.1, -0.05) is 6.58 Å². The molecule has 0 aliphatic rings. The maximum absolute atomic E-state index is 7.33. The van der Waals surface area contributed by atoms with Gasteiger partial charge in [-0.15, -0.1) is 0 Å². The first-order valence-corrected chi connectivity index (χ1v) is 9.67. The molecule has 0 radical (unpaired) electrons. The van der Waals surface area contributed by atoms with Gasteiger partial charge in [0.15, 0.2) is 0 Å². The van der Waals surface area contributed by atoms with Gasteiger partial charge in [0.2, 0.25) is 0 Å². The zero-order chi connectivity index (χ0) is 4.71. The lowest BCUT2D eigenvalue weighted by Gasteiger charge is -1.41. The van der Waals surface area contributed by atoms with Gasteiger partial charge in [0, 0.05) is 0 Å². The Labute approximate surface area is 38.3 Å². The van der Waals surface area contributed by atoms with Crippen molar-refractivity contribution in [3.05, 3.63) is 12.8 Å². The minimum Gasteiger partial charge on any atom is -0.516 e. The van der Waals surface area contributed by atoms with Crippen LogP contribution in [0.15, 0.2) is 12.8 Å². The highest BCUT2D eigenvalue weighted by Crippen LogP contribution is 1.26. The number of aliphatic hydroxyl groups excluding tert-OH is 1. The minimum atomic E-state index is 0.750. The summed E-state index contributed by atoms with van der Waals surface area (Å²) in [5.41, 5.74) is 0. The second-order valence-corrected chi connectivity index (χ2v) is 0.183. The van der Waals surface area contributed by atoms with Gasteiger partial charge >= 0.3 is 0 Å². The van der Waals surface area contributed by atoms with Crippen LogP contribution in [-0.4, -0.2) is 24.6 Å². The highest BCUT2D eigenvalue weighted by Gasteiger charge is 1.11. The summed E-state index contributed by atoms with van der Waals surface area (Å²) in [6.45, 7) is 2.92. The van der Waals surface area contributed by atoms with Crippen LogP contribution in [0.1, 0.15) is 0 Å². The van der Waals surface area contributed by atoms with Gasteiger partial charge in [-0.2, -0.15) is 0 Å². The van der Waals surface area contributed by atoms with E-state index in [-0.39, 0.29) is 0 Å². The molecule has 0 amide bonds. The zero-order valence-electron chi connectivity index (χ0n) is 3.73. The third-order valence-corrected chi connectivity index (χ3v) is 0. The molecule has 0 spiro atoms. The van der Waals surface area contributed by atoms with E-state index in [0.29, 0.717) is 0 Å². The third-order valence-electron chi connectivity index (χ3n) is 0. The summed E-state index contributed by atoms with van der Waals surface area (Å²) >= 11 is 0. The Morgan fingerprint density at radius 3 is 1.60 bits per heavy atom. The van der Waals surface area contributed by atoms with Crippen molar-refractivity contribution in [1.29, 1.82) is 0 Å². The molecular formula is C2H10OSi2. The van der Waals surface area contributed by atoms with E-state index >= 15 is 0 Å². The summed E-state index contributed by atoms with van der Waals surface area (Å²) in [5, 5.41) is 7.33. The van der Waals surface area contributed by atoms with Gasteiger partial charge in [0.05, 0.1) is 6.26 Å². The van der Waals surface area contributed by atoms with Crippen molar-refractivity contribution in [3.63, 3.8) is 0 Å². The Morgan fingerprint density at radius 2 is 1.60 bits per heavy atom. The molecule has 0 aromatic rings. The topological polar surface area (TPSA) is 20.2 Å². The molecule has 32 valence electrons. The third kappa shape index (κ3) is 22500. The van der Waals surface area contributed by atoms with E-state index in [0.717, 1.165) is 6.26 Å². The van der Waals surface area contributed by atoms with E-state index in [1.165, 1.54) is 19.5 Å². The number of aliphatic hydroxyl groups is 1. The van der Waals surface area contributed by atoms with E-state index in [4.69, 9.17) is 5.11 Å². The molecule has 0 aliphatic carbocycles. The Hall–Kier alpha value is -0.0262. The Bertz CT molecular complexity index is 15.1. The van der Waals surface area contributed by atoms with Crippen molar-refractivity contribution in [2.24, 2.45) is 0 Å². The maximum Gasteiger partial charge on any atom is 0.0719 e. The normalized spacial score (nSPS) is 4.80. The number of rotatable bonds is 0. The molecule has 5 heavy (non-hydrogen) atoms. The van der Waals surface area contributed by atoms with E-state index in [9.17, 15) is 0 Å². The molecule has 0 aliphatic heterocycles. The smallest absolute Gasteiger partial charge is 0.0719 e. The van der Waals surface area contributed by atoms with Gasteiger partial charge < -0.3 is 5.11 Å². The maximum atomic E-state index is 7.33. The number of hydrogen-bond acceptors (Lipinski definition) is 1. The highest BCUT2D eigenvalue weighted by molar-refractivity contribution is 6.75. The fourth-order valence-corrected chi connectivity index (χ4v) is 0. The van der Waals surface area contributed by atoms with Gasteiger partial charge in [-0.25, -0.2) is 0 Å². The summed E-state index contributed by atoms with van der Waals surface area (Å²) in [4.78, 5) is 0. The molecule has 0 fully saturated rings. The van der Waals surface area contributed by atoms with Crippen LogP contribution in [0.5, 0.6) is 0 Å². The number of hydrogen-bond donors (Lipinski definition) is 1. The van der Waals surface area contributed by atoms with Crippen LogP contribution >= 0.6 is 0 Å². The van der Waals surface area contributed by atoms with Crippen LogP contribution in [0.4, 0.5) is 0 Å². The van der Waals surface area contributed by atoms with E-state index in [2.05, 4.69) is 6.58 Å². The molecule has 0 aromatic carbocycles. The molecule has 3 heteroatoms. The van der Waals surface area contributed by atoms with E-state index in [1.807, 2.05) is 0 Å². The van der Waals surface area contributed by atoms with Crippen LogP contribution in [-0.2, 0) is 0 Å². The van der Waals surface area contributed by atoms with Gasteiger partial charge in [0.25, 0.3) is 0 Å². The van der Waals surface area contributed by atoms with Gasteiger partial charge in [-0.05, 0) is 19.5 Å². The van der Waals surface area contributed by atoms with Gasteiger partial charge in [0.1, 0.15) is 0 Å². The Balaban J connectivity index is 0. The highest BCUT2D eigenvalue weighted by atomic mass is 29.1. The first-order valence-electron chi connectivity index (χ1n) is 1.67. The fraction of sp³-hybridized carbons (Fsp3) is 0. The van der Waals surface area contributed by atoms with Crippen LogP contribution in [0.3, 0.4) is 0 Å². The monoisotopic (exact) mass is 106 g/mol. The summed E-state index contributed by atoms with van der Waals surface area (Å²) in [7, 11) is 2.89. The Kier molecular flexibility index (Phi) is 65.8. The standard InChI is InChI=1S/C2H4O.H6Si2/c1-2-3;1-2/h2-3H,1H2;1-2H3.